The van der Waals surface area contributed by atoms with E-state index in [1.54, 1.807) is 6.20 Å². The van der Waals surface area contributed by atoms with Crippen LogP contribution in [-0.4, -0.2) is 36.7 Å². The number of halogens is 1. The third-order valence-corrected chi connectivity index (χ3v) is 3.30. The Bertz CT molecular complexity index is 581. The predicted octanol–water partition coefficient (Wildman–Crippen LogP) is 2.08. The third kappa shape index (κ3) is 4.30. The highest BCUT2D eigenvalue weighted by Gasteiger charge is 2.17. The van der Waals surface area contributed by atoms with Gasteiger partial charge in [-0.1, -0.05) is 0 Å². The van der Waals surface area contributed by atoms with Gasteiger partial charge in [0.05, 0.1) is 25.3 Å². The molecule has 6 nitrogen and oxygen atoms in total. The van der Waals surface area contributed by atoms with Crippen molar-refractivity contribution in [2.45, 2.75) is 12.5 Å². The Kier molecular flexibility index (Phi) is 5.94. The van der Waals surface area contributed by atoms with Crippen LogP contribution in [0.2, 0.25) is 0 Å². The van der Waals surface area contributed by atoms with E-state index in [0.29, 0.717) is 18.8 Å². The number of nitrogens with zero attached hydrogens (tertiary/aromatic N) is 1. The molecule has 1 aliphatic heterocycles. The van der Waals surface area contributed by atoms with Crippen LogP contribution in [0.5, 0.6) is 0 Å². The SMILES string of the molecule is Cl.O=C(CC1CNCCO1)Nc1ccc(-c2cnco2)cc1. The Balaban J connectivity index is 0.00000176. The van der Waals surface area contributed by atoms with Crippen LogP contribution >= 0.6 is 12.4 Å². The first-order valence-corrected chi connectivity index (χ1v) is 6.92. The second-order valence-corrected chi connectivity index (χ2v) is 4.89. The summed E-state index contributed by atoms with van der Waals surface area (Å²) in [5.74, 6) is 0.658. The van der Waals surface area contributed by atoms with E-state index in [1.807, 2.05) is 24.3 Å². The molecular formula is C15H18ClN3O3. The summed E-state index contributed by atoms with van der Waals surface area (Å²) in [6, 6.07) is 7.45. The van der Waals surface area contributed by atoms with Gasteiger partial charge in [0.25, 0.3) is 0 Å². The minimum atomic E-state index is -0.0489. The first-order chi connectivity index (χ1) is 10.3. The summed E-state index contributed by atoms with van der Waals surface area (Å²) in [6.45, 7) is 2.23. The van der Waals surface area contributed by atoms with E-state index in [9.17, 15) is 4.79 Å². The van der Waals surface area contributed by atoms with Crippen molar-refractivity contribution in [2.24, 2.45) is 0 Å². The van der Waals surface area contributed by atoms with Crippen LogP contribution in [0, 0.1) is 0 Å². The molecule has 1 aromatic heterocycles. The third-order valence-electron chi connectivity index (χ3n) is 3.30. The molecule has 22 heavy (non-hydrogen) atoms. The minimum Gasteiger partial charge on any atom is -0.444 e. The number of amides is 1. The number of anilines is 1. The maximum Gasteiger partial charge on any atom is 0.227 e. The number of hydrogen-bond donors (Lipinski definition) is 2. The lowest BCUT2D eigenvalue weighted by atomic mass is 10.1. The van der Waals surface area contributed by atoms with E-state index in [0.717, 1.165) is 24.3 Å². The van der Waals surface area contributed by atoms with Crippen LogP contribution in [0.1, 0.15) is 6.42 Å². The van der Waals surface area contributed by atoms with Crippen LogP contribution in [0.25, 0.3) is 11.3 Å². The Morgan fingerprint density at radius 1 is 1.36 bits per heavy atom. The van der Waals surface area contributed by atoms with Crippen molar-refractivity contribution in [1.29, 1.82) is 0 Å². The minimum absolute atomic E-state index is 0. The quantitative estimate of drug-likeness (QED) is 0.901. The molecule has 1 aromatic carbocycles. The van der Waals surface area contributed by atoms with Gasteiger partial charge in [0.1, 0.15) is 0 Å². The lowest BCUT2D eigenvalue weighted by Crippen LogP contribution is -2.40. The number of nitrogens with one attached hydrogen (secondary N) is 2. The van der Waals surface area contributed by atoms with Crippen LogP contribution in [-0.2, 0) is 9.53 Å². The highest BCUT2D eigenvalue weighted by atomic mass is 35.5. The van der Waals surface area contributed by atoms with Crippen molar-refractivity contribution in [3.63, 3.8) is 0 Å². The molecule has 1 atom stereocenters. The van der Waals surface area contributed by atoms with E-state index in [1.165, 1.54) is 6.39 Å². The molecule has 3 rings (SSSR count). The Labute approximate surface area is 134 Å². The van der Waals surface area contributed by atoms with E-state index < -0.39 is 0 Å². The van der Waals surface area contributed by atoms with Gasteiger partial charge < -0.3 is 19.8 Å². The lowest BCUT2D eigenvalue weighted by Gasteiger charge is -2.23. The second kappa shape index (κ2) is 7.93. The van der Waals surface area contributed by atoms with Crippen LogP contribution in [0.15, 0.2) is 41.3 Å². The van der Waals surface area contributed by atoms with Crippen molar-refractivity contribution in [1.82, 2.24) is 10.3 Å². The van der Waals surface area contributed by atoms with E-state index in [4.69, 9.17) is 9.15 Å². The van der Waals surface area contributed by atoms with Crippen LogP contribution in [0.3, 0.4) is 0 Å². The van der Waals surface area contributed by atoms with Crippen LogP contribution in [0.4, 0.5) is 5.69 Å². The molecule has 0 spiro atoms. The molecule has 1 aliphatic rings. The van der Waals surface area contributed by atoms with Gasteiger partial charge in [0.15, 0.2) is 12.2 Å². The van der Waals surface area contributed by atoms with Crippen molar-refractivity contribution in [3.8, 4) is 11.3 Å². The molecular weight excluding hydrogens is 306 g/mol. The zero-order valence-corrected chi connectivity index (χ0v) is 12.8. The number of carbonyl (C=O) groups is 1. The Morgan fingerprint density at radius 3 is 2.82 bits per heavy atom. The summed E-state index contributed by atoms with van der Waals surface area (Å²) in [7, 11) is 0. The number of morpholine rings is 1. The number of hydrogen-bond acceptors (Lipinski definition) is 5. The number of aromatic nitrogens is 1. The van der Waals surface area contributed by atoms with Gasteiger partial charge in [-0.15, -0.1) is 12.4 Å². The summed E-state index contributed by atoms with van der Waals surface area (Å²) in [5.41, 5.74) is 1.68. The molecule has 1 unspecified atom stereocenters. The average Bonchev–Trinajstić information content (AvgIpc) is 3.03. The van der Waals surface area contributed by atoms with E-state index >= 15 is 0 Å². The van der Waals surface area contributed by atoms with Gasteiger partial charge in [-0.3, -0.25) is 4.79 Å². The van der Waals surface area contributed by atoms with Gasteiger partial charge >= 0.3 is 0 Å². The fraction of sp³-hybridized carbons (Fsp3) is 0.333. The lowest BCUT2D eigenvalue weighted by molar-refractivity contribution is -0.119. The molecule has 1 saturated heterocycles. The molecule has 0 saturated carbocycles. The highest BCUT2D eigenvalue weighted by Crippen LogP contribution is 2.20. The fourth-order valence-corrected chi connectivity index (χ4v) is 2.25. The Morgan fingerprint density at radius 2 is 2.18 bits per heavy atom. The molecule has 2 N–H and O–H groups in total. The molecule has 118 valence electrons. The highest BCUT2D eigenvalue weighted by molar-refractivity contribution is 5.91. The normalized spacial score (nSPS) is 17.5. The number of rotatable bonds is 4. The summed E-state index contributed by atoms with van der Waals surface area (Å²) in [5, 5.41) is 6.07. The zero-order valence-electron chi connectivity index (χ0n) is 12.0. The molecule has 2 heterocycles. The number of carbonyl (C=O) groups excluding carboxylic acids is 1. The Hall–Kier alpha value is -1.89. The van der Waals surface area contributed by atoms with E-state index in [2.05, 4.69) is 15.6 Å². The van der Waals surface area contributed by atoms with E-state index in [-0.39, 0.29) is 24.4 Å². The van der Waals surface area contributed by atoms with Gasteiger partial charge in [-0.2, -0.15) is 0 Å². The summed E-state index contributed by atoms with van der Waals surface area (Å²) in [6.07, 6.45) is 3.35. The largest absolute Gasteiger partial charge is 0.444 e. The van der Waals surface area contributed by atoms with Gasteiger partial charge in [0.2, 0.25) is 5.91 Å². The number of benzene rings is 1. The van der Waals surface area contributed by atoms with Crippen molar-refractivity contribution < 1.29 is 13.9 Å². The first-order valence-electron chi connectivity index (χ1n) is 6.92. The smallest absolute Gasteiger partial charge is 0.227 e. The first kappa shape index (κ1) is 16.5. The standard InChI is InChI=1S/C15H17N3O3.ClH/c19-15(7-13-8-16-5-6-20-13)18-12-3-1-11(2-4-12)14-9-17-10-21-14;/h1-4,9-10,13,16H,5-8H2,(H,18,19);1H. The molecule has 0 bridgehead atoms. The van der Waals surface area contributed by atoms with Gasteiger partial charge in [-0.25, -0.2) is 4.98 Å². The summed E-state index contributed by atoms with van der Waals surface area (Å²) < 4.78 is 10.7. The maximum atomic E-state index is 11.9. The molecule has 0 radical (unpaired) electrons. The molecule has 1 fully saturated rings. The van der Waals surface area contributed by atoms with Crippen LogP contribution < -0.4 is 10.6 Å². The van der Waals surface area contributed by atoms with Gasteiger partial charge in [0, 0.05) is 24.3 Å². The zero-order chi connectivity index (χ0) is 14.5. The van der Waals surface area contributed by atoms with Crippen molar-refractivity contribution in [3.05, 3.63) is 36.9 Å². The molecule has 0 aliphatic carbocycles. The molecule has 2 aromatic rings. The monoisotopic (exact) mass is 323 g/mol. The maximum absolute atomic E-state index is 11.9. The summed E-state index contributed by atoms with van der Waals surface area (Å²) >= 11 is 0. The van der Waals surface area contributed by atoms with Crippen molar-refractivity contribution in [2.75, 3.05) is 25.0 Å². The fourth-order valence-electron chi connectivity index (χ4n) is 2.25. The van der Waals surface area contributed by atoms with Gasteiger partial charge in [-0.05, 0) is 24.3 Å². The molecule has 7 heteroatoms. The topological polar surface area (TPSA) is 76.4 Å². The predicted molar refractivity (Wildman–Crippen MR) is 85.0 cm³/mol. The number of oxazole rings is 1. The molecule has 1 amide bonds. The summed E-state index contributed by atoms with van der Waals surface area (Å²) in [4.78, 5) is 15.8. The number of ether oxygens (including phenoxy) is 1. The average molecular weight is 324 g/mol. The van der Waals surface area contributed by atoms with Crippen molar-refractivity contribution >= 4 is 24.0 Å². The second-order valence-electron chi connectivity index (χ2n) is 4.89.